The number of fused-ring (bicyclic) bond motifs is 1. The number of methoxy groups -OCH3 is 2. The van der Waals surface area contributed by atoms with Gasteiger partial charge in [0, 0.05) is 25.7 Å². The number of anilines is 2. The van der Waals surface area contributed by atoms with Crippen LogP contribution in [0, 0.1) is 5.92 Å². The van der Waals surface area contributed by atoms with Gasteiger partial charge in [-0.15, -0.1) is 0 Å². The van der Waals surface area contributed by atoms with Gasteiger partial charge in [0.1, 0.15) is 17.3 Å². The molecule has 0 atom stereocenters. The van der Waals surface area contributed by atoms with E-state index in [0.29, 0.717) is 18.4 Å². The van der Waals surface area contributed by atoms with E-state index in [9.17, 15) is 0 Å². The maximum absolute atomic E-state index is 5.47. The second-order valence-electron chi connectivity index (χ2n) is 7.04. The van der Waals surface area contributed by atoms with Crippen LogP contribution < -0.4 is 20.1 Å². The molecule has 8 heteroatoms. The number of nitrogens with zero attached hydrogens (tertiary/aromatic N) is 4. The van der Waals surface area contributed by atoms with Crippen molar-refractivity contribution < 1.29 is 9.47 Å². The van der Waals surface area contributed by atoms with E-state index in [1.165, 1.54) is 0 Å². The van der Waals surface area contributed by atoms with Crippen LogP contribution in [0.25, 0.3) is 11.0 Å². The summed E-state index contributed by atoms with van der Waals surface area (Å²) < 4.78 is 12.5. The van der Waals surface area contributed by atoms with Crippen molar-refractivity contribution in [2.45, 2.75) is 26.8 Å². The van der Waals surface area contributed by atoms with Gasteiger partial charge in [-0.25, -0.2) is 0 Å². The molecule has 2 aromatic heterocycles. The van der Waals surface area contributed by atoms with Gasteiger partial charge in [-0.2, -0.15) is 15.1 Å². The third-order valence-corrected chi connectivity index (χ3v) is 4.53. The summed E-state index contributed by atoms with van der Waals surface area (Å²) in [6, 6.07) is 5.73. The van der Waals surface area contributed by atoms with Crippen molar-refractivity contribution in [2.75, 3.05) is 31.4 Å². The minimum Gasteiger partial charge on any atom is -0.497 e. The molecule has 0 fully saturated rings. The Bertz CT molecular complexity index is 938. The average molecular weight is 384 g/mol. The normalized spacial score (nSPS) is 11.1. The molecule has 3 rings (SSSR count). The predicted octanol–water partition coefficient (Wildman–Crippen LogP) is 3.45. The Labute approximate surface area is 165 Å². The van der Waals surface area contributed by atoms with E-state index in [1.807, 2.05) is 25.2 Å². The minimum atomic E-state index is 0.535. The van der Waals surface area contributed by atoms with Crippen LogP contribution >= 0.6 is 0 Å². The summed E-state index contributed by atoms with van der Waals surface area (Å²) in [6.07, 6.45) is 2.83. The van der Waals surface area contributed by atoms with E-state index < -0.39 is 0 Å². The van der Waals surface area contributed by atoms with Crippen LogP contribution in [-0.2, 0) is 13.6 Å². The number of hydrogen-bond donors (Lipinski definition) is 2. The topological polar surface area (TPSA) is 86.1 Å². The van der Waals surface area contributed by atoms with Gasteiger partial charge in [0.15, 0.2) is 5.65 Å². The number of aryl methyl sites for hydroxylation is 1. The molecule has 3 aromatic rings. The van der Waals surface area contributed by atoms with Gasteiger partial charge in [-0.1, -0.05) is 13.8 Å². The molecule has 0 aliphatic rings. The molecule has 1 aromatic carbocycles. The maximum atomic E-state index is 5.47. The third kappa shape index (κ3) is 4.44. The molecular formula is C20H28N6O2. The smallest absolute Gasteiger partial charge is 0.226 e. The number of benzene rings is 1. The molecule has 150 valence electrons. The molecule has 0 saturated carbocycles. The molecule has 0 aliphatic carbocycles. The molecule has 2 heterocycles. The average Bonchev–Trinajstić information content (AvgIpc) is 3.06. The minimum absolute atomic E-state index is 0.535. The van der Waals surface area contributed by atoms with E-state index in [1.54, 1.807) is 25.1 Å². The van der Waals surface area contributed by atoms with Crippen molar-refractivity contribution in [2.24, 2.45) is 13.0 Å². The Morgan fingerprint density at radius 2 is 1.93 bits per heavy atom. The number of aromatic nitrogens is 4. The van der Waals surface area contributed by atoms with Crippen LogP contribution in [0.3, 0.4) is 0 Å². The quantitative estimate of drug-likeness (QED) is 0.584. The van der Waals surface area contributed by atoms with Gasteiger partial charge < -0.3 is 20.1 Å². The Kier molecular flexibility index (Phi) is 6.18. The number of rotatable bonds is 9. The molecule has 0 spiro atoms. The Morgan fingerprint density at radius 3 is 2.64 bits per heavy atom. The SMILES string of the molecule is COc1ccc(OC)c(CNc2nc(NCCC(C)C)nc3c2cnn3C)c1. The summed E-state index contributed by atoms with van der Waals surface area (Å²) in [5.74, 6) is 3.51. The van der Waals surface area contributed by atoms with Crippen LogP contribution in [0.4, 0.5) is 11.8 Å². The van der Waals surface area contributed by atoms with E-state index in [-0.39, 0.29) is 0 Å². The Hall–Kier alpha value is -3.03. The van der Waals surface area contributed by atoms with Gasteiger partial charge in [0.2, 0.25) is 5.95 Å². The highest BCUT2D eigenvalue weighted by Gasteiger charge is 2.13. The fraction of sp³-hybridized carbons (Fsp3) is 0.450. The fourth-order valence-electron chi connectivity index (χ4n) is 2.91. The highest BCUT2D eigenvalue weighted by atomic mass is 16.5. The van der Waals surface area contributed by atoms with Gasteiger partial charge in [0.05, 0.1) is 25.8 Å². The summed E-state index contributed by atoms with van der Waals surface area (Å²) >= 11 is 0. The largest absolute Gasteiger partial charge is 0.497 e. The predicted molar refractivity (Wildman–Crippen MR) is 111 cm³/mol. The van der Waals surface area contributed by atoms with Crippen molar-refractivity contribution in [1.82, 2.24) is 19.7 Å². The molecule has 28 heavy (non-hydrogen) atoms. The lowest BCUT2D eigenvalue weighted by atomic mass is 10.1. The highest BCUT2D eigenvalue weighted by Crippen LogP contribution is 2.27. The Balaban J connectivity index is 1.85. The number of nitrogens with one attached hydrogen (secondary N) is 2. The first-order chi connectivity index (χ1) is 13.5. The lowest BCUT2D eigenvalue weighted by Crippen LogP contribution is -2.11. The van der Waals surface area contributed by atoms with Crippen LogP contribution in [0.5, 0.6) is 11.5 Å². The van der Waals surface area contributed by atoms with Crippen molar-refractivity contribution in [3.05, 3.63) is 30.0 Å². The standard InChI is InChI=1S/C20H28N6O2/c1-13(2)8-9-21-20-24-18(16-12-23-26(3)19(16)25-20)22-11-14-10-15(27-4)6-7-17(14)28-5/h6-7,10,12-13H,8-9,11H2,1-5H3,(H2,21,22,24,25). The van der Waals surface area contributed by atoms with Gasteiger partial charge in [-0.3, -0.25) is 4.68 Å². The highest BCUT2D eigenvalue weighted by molar-refractivity contribution is 5.87. The van der Waals surface area contributed by atoms with Gasteiger partial charge in [0.25, 0.3) is 0 Å². The molecular weight excluding hydrogens is 356 g/mol. The lowest BCUT2D eigenvalue weighted by molar-refractivity contribution is 0.399. The summed E-state index contributed by atoms with van der Waals surface area (Å²) in [6.45, 7) is 5.75. The summed E-state index contributed by atoms with van der Waals surface area (Å²) in [5.41, 5.74) is 1.76. The zero-order valence-corrected chi connectivity index (χ0v) is 17.1. The van der Waals surface area contributed by atoms with Gasteiger partial charge in [-0.05, 0) is 30.5 Å². The first-order valence-corrected chi connectivity index (χ1v) is 9.40. The second kappa shape index (κ2) is 8.77. The van der Waals surface area contributed by atoms with Crippen LogP contribution in [-0.4, -0.2) is 40.5 Å². The molecule has 0 aliphatic heterocycles. The molecule has 0 amide bonds. The number of ether oxygens (including phenoxy) is 2. The van der Waals surface area contributed by atoms with E-state index in [4.69, 9.17) is 9.47 Å². The van der Waals surface area contributed by atoms with Gasteiger partial charge >= 0.3 is 0 Å². The molecule has 0 bridgehead atoms. The maximum Gasteiger partial charge on any atom is 0.226 e. The molecule has 0 unspecified atom stereocenters. The molecule has 0 radical (unpaired) electrons. The van der Waals surface area contributed by atoms with Crippen LogP contribution in [0.2, 0.25) is 0 Å². The first-order valence-electron chi connectivity index (χ1n) is 9.40. The molecule has 8 nitrogen and oxygen atoms in total. The van der Waals surface area contributed by atoms with Crippen molar-refractivity contribution in [1.29, 1.82) is 0 Å². The zero-order chi connectivity index (χ0) is 20.1. The van der Waals surface area contributed by atoms with Crippen molar-refractivity contribution in [3.63, 3.8) is 0 Å². The first kappa shape index (κ1) is 19.7. The second-order valence-corrected chi connectivity index (χ2v) is 7.04. The summed E-state index contributed by atoms with van der Waals surface area (Å²) in [5, 5.41) is 11.9. The van der Waals surface area contributed by atoms with Crippen LogP contribution in [0.1, 0.15) is 25.8 Å². The van der Waals surface area contributed by atoms with E-state index >= 15 is 0 Å². The van der Waals surface area contributed by atoms with E-state index in [0.717, 1.165) is 46.9 Å². The molecule has 2 N–H and O–H groups in total. The van der Waals surface area contributed by atoms with Crippen molar-refractivity contribution >= 4 is 22.8 Å². The zero-order valence-electron chi connectivity index (χ0n) is 17.1. The van der Waals surface area contributed by atoms with E-state index in [2.05, 4.69) is 39.5 Å². The molecule has 0 saturated heterocycles. The number of hydrogen-bond acceptors (Lipinski definition) is 7. The Morgan fingerprint density at radius 1 is 1.11 bits per heavy atom. The lowest BCUT2D eigenvalue weighted by Gasteiger charge is -2.13. The summed E-state index contributed by atoms with van der Waals surface area (Å²) in [7, 11) is 5.19. The fourth-order valence-corrected chi connectivity index (χ4v) is 2.91. The third-order valence-electron chi connectivity index (χ3n) is 4.53. The van der Waals surface area contributed by atoms with Crippen LogP contribution in [0.15, 0.2) is 24.4 Å². The summed E-state index contributed by atoms with van der Waals surface area (Å²) in [4.78, 5) is 9.27. The van der Waals surface area contributed by atoms with Crippen molar-refractivity contribution in [3.8, 4) is 11.5 Å². The monoisotopic (exact) mass is 384 g/mol.